The van der Waals surface area contributed by atoms with Crippen LogP contribution in [0.3, 0.4) is 0 Å². The second-order valence-electron chi connectivity index (χ2n) is 1.87. The standard InChI is InChI=1S/C5H11O4P/c1-3-10(8,9-2)4-5(6)7/h3-4H2,1-2H3,(H,6,7). The molecule has 0 aromatic carbocycles. The van der Waals surface area contributed by atoms with E-state index in [0.29, 0.717) is 0 Å². The lowest BCUT2D eigenvalue weighted by Gasteiger charge is -2.09. The van der Waals surface area contributed by atoms with E-state index in [0.717, 1.165) is 0 Å². The van der Waals surface area contributed by atoms with Crippen LogP contribution in [0.4, 0.5) is 0 Å². The fraction of sp³-hybridized carbons (Fsp3) is 0.800. The highest BCUT2D eigenvalue weighted by Crippen LogP contribution is 2.44. The highest BCUT2D eigenvalue weighted by Gasteiger charge is 2.22. The van der Waals surface area contributed by atoms with E-state index in [-0.39, 0.29) is 12.3 Å². The Kier molecular flexibility index (Phi) is 3.61. The number of aliphatic carboxylic acids is 1. The van der Waals surface area contributed by atoms with E-state index < -0.39 is 13.3 Å². The summed E-state index contributed by atoms with van der Waals surface area (Å²) in [6.45, 7) is 1.65. The molecule has 1 atom stereocenters. The maximum absolute atomic E-state index is 11.2. The van der Waals surface area contributed by atoms with Crippen molar-refractivity contribution in [1.82, 2.24) is 0 Å². The molecule has 1 unspecified atom stereocenters. The maximum Gasteiger partial charge on any atom is 0.313 e. The van der Waals surface area contributed by atoms with Gasteiger partial charge in [0.2, 0.25) is 7.37 Å². The highest BCUT2D eigenvalue weighted by molar-refractivity contribution is 7.59. The van der Waals surface area contributed by atoms with Crippen molar-refractivity contribution in [2.75, 3.05) is 19.4 Å². The third-order valence-electron chi connectivity index (χ3n) is 1.19. The van der Waals surface area contributed by atoms with E-state index in [4.69, 9.17) is 5.11 Å². The lowest BCUT2D eigenvalue weighted by atomic mass is 10.8. The first-order valence-corrected chi connectivity index (χ1v) is 4.89. The van der Waals surface area contributed by atoms with Crippen LogP contribution in [0.2, 0.25) is 0 Å². The summed E-state index contributed by atoms with van der Waals surface area (Å²) >= 11 is 0. The van der Waals surface area contributed by atoms with E-state index in [1.807, 2.05) is 0 Å². The summed E-state index contributed by atoms with van der Waals surface area (Å²) < 4.78 is 15.7. The van der Waals surface area contributed by atoms with Gasteiger partial charge in [-0.2, -0.15) is 0 Å². The summed E-state index contributed by atoms with van der Waals surface area (Å²) in [5.41, 5.74) is 0. The van der Waals surface area contributed by atoms with Crippen molar-refractivity contribution < 1.29 is 19.0 Å². The smallest absolute Gasteiger partial charge is 0.313 e. The number of hydrogen-bond acceptors (Lipinski definition) is 3. The average molecular weight is 166 g/mol. The second-order valence-corrected chi connectivity index (χ2v) is 4.81. The third kappa shape index (κ3) is 2.99. The quantitative estimate of drug-likeness (QED) is 0.633. The Morgan fingerprint density at radius 2 is 2.20 bits per heavy atom. The van der Waals surface area contributed by atoms with Crippen LogP contribution in [0.15, 0.2) is 0 Å². The Hall–Kier alpha value is -0.340. The Bertz CT molecular complexity index is 157. The van der Waals surface area contributed by atoms with Gasteiger partial charge in [0.15, 0.2) is 0 Å². The number of carboxylic acids is 1. The third-order valence-corrected chi connectivity index (χ3v) is 3.57. The Morgan fingerprint density at radius 1 is 1.70 bits per heavy atom. The molecule has 1 N–H and O–H groups in total. The number of carbonyl (C=O) groups is 1. The Balaban J connectivity index is 4.07. The van der Waals surface area contributed by atoms with Crippen LogP contribution in [0.25, 0.3) is 0 Å². The van der Waals surface area contributed by atoms with Crippen molar-refractivity contribution in [2.24, 2.45) is 0 Å². The van der Waals surface area contributed by atoms with Crippen LogP contribution < -0.4 is 0 Å². The minimum absolute atomic E-state index is 0.274. The minimum atomic E-state index is -2.84. The summed E-state index contributed by atoms with van der Waals surface area (Å²) in [6, 6.07) is 0. The lowest BCUT2D eigenvalue weighted by molar-refractivity contribution is -0.134. The lowest BCUT2D eigenvalue weighted by Crippen LogP contribution is -2.05. The van der Waals surface area contributed by atoms with Crippen molar-refractivity contribution in [3.63, 3.8) is 0 Å². The molecular formula is C5H11O4P. The van der Waals surface area contributed by atoms with Crippen LogP contribution in [-0.2, 0) is 13.9 Å². The molecule has 5 heteroatoms. The number of carboxylic acid groups (broad SMARTS) is 1. The van der Waals surface area contributed by atoms with Gasteiger partial charge < -0.3 is 9.63 Å². The molecule has 0 amide bonds. The first-order chi connectivity index (χ1) is 4.54. The van der Waals surface area contributed by atoms with E-state index in [1.165, 1.54) is 7.11 Å². The fourth-order valence-electron chi connectivity index (χ4n) is 0.512. The number of rotatable bonds is 4. The molecule has 0 aliphatic rings. The van der Waals surface area contributed by atoms with Crippen LogP contribution in [-0.4, -0.2) is 30.5 Å². The van der Waals surface area contributed by atoms with Gasteiger partial charge in [-0.15, -0.1) is 0 Å². The van der Waals surface area contributed by atoms with Gasteiger partial charge >= 0.3 is 5.97 Å². The predicted octanol–water partition coefficient (Wildman–Crippen LogP) is 1.02. The molecule has 0 aliphatic carbocycles. The molecule has 60 valence electrons. The molecule has 0 saturated heterocycles. The fourth-order valence-corrected chi connectivity index (χ4v) is 1.53. The van der Waals surface area contributed by atoms with E-state index in [2.05, 4.69) is 4.52 Å². The van der Waals surface area contributed by atoms with Crippen molar-refractivity contribution >= 4 is 13.3 Å². The topological polar surface area (TPSA) is 63.6 Å². The summed E-state index contributed by atoms with van der Waals surface area (Å²) in [5, 5.41) is 8.26. The molecule has 0 spiro atoms. The zero-order valence-corrected chi connectivity index (χ0v) is 6.93. The molecule has 4 nitrogen and oxygen atoms in total. The average Bonchev–Trinajstić information content (AvgIpc) is 1.87. The molecule has 10 heavy (non-hydrogen) atoms. The van der Waals surface area contributed by atoms with Crippen LogP contribution in [0.1, 0.15) is 6.92 Å². The largest absolute Gasteiger partial charge is 0.481 e. The molecule has 0 saturated carbocycles. The predicted molar refractivity (Wildman–Crippen MR) is 37.7 cm³/mol. The summed E-state index contributed by atoms with van der Waals surface area (Å²) in [7, 11) is -1.57. The highest BCUT2D eigenvalue weighted by atomic mass is 31.2. The van der Waals surface area contributed by atoms with E-state index >= 15 is 0 Å². The van der Waals surface area contributed by atoms with Gasteiger partial charge in [0.1, 0.15) is 6.16 Å². The first kappa shape index (κ1) is 9.66. The molecule has 0 aromatic rings. The van der Waals surface area contributed by atoms with Gasteiger partial charge in [-0.3, -0.25) is 9.36 Å². The van der Waals surface area contributed by atoms with Crippen LogP contribution in [0, 0.1) is 0 Å². The Morgan fingerprint density at radius 3 is 2.30 bits per heavy atom. The van der Waals surface area contributed by atoms with Crippen molar-refractivity contribution in [2.45, 2.75) is 6.92 Å². The van der Waals surface area contributed by atoms with Gasteiger partial charge in [-0.05, 0) is 0 Å². The molecule has 0 aliphatic heterocycles. The molecule has 0 radical (unpaired) electrons. The van der Waals surface area contributed by atoms with Crippen LogP contribution in [0.5, 0.6) is 0 Å². The molecular weight excluding hydrogens is 155 g/mol. The molecule has 0 fully saturated rings. The van der Waals surface area contributed by atoms with Crippen molar-refractivity contribution in [1.29, 1.82) is 0 Å². The van der Waals surface area contributed by atoms with E-state index in [9.17, 15) is 9.36 Å². The normalized spacial score (nSPS) is 16.2. The van der Waals surface area contributed by atoms with Gasteiger partial charge in [0.25, 0.3) is 0 Å². The molecule has 0 heterocycles. The van der Waals surface area contributed by atoms with Gasteiger partial charge in [0, 0.05) is 13.3 Å². The van der Waals surface area contributed by atoms with Gasteiger partial charge in [-0.25, -0.2) is 0 Å². The zero-order valence-electron chi connectivity index (χ0n) is 6.03. The van der Waals surface area contributed by atoms with Crippen molar-refractivity contribution in [3.8, 4) is 0 Å². The monoisotopic (exact) mass is 166 g/mol. The van der Waals surface area contributed by atoms with E-state index in [1.54, 1.807) is 6.92 Å². The minimum Gasteiger partial charge on any atom is -0.481 e. The maximum atomic E-state index is 11.2. The Labute approximate surface area is 59.6 Å². The van der Waals surface area contributed by atoms with Gasteiger partial charge in [-0.1, -0.05) is 6.92 Å². The second kappa shape index (κ2) is 3.74. The van der Waals surface area contributed by atoms with Gasteiger partial charge in [0.05, 0.1) is 0 Å². The summed E-state index contributed by atoms with van der Waals surface area (Å²) in [6.07, 6.45) is -0.101. The molecule has 0 bridgehead atoms. The summed E-state index contributed by atoms with van der Waals surface area (Å²) in [4.78, 5) is 10.1. The first-order valence-electron chi connectivity index (χ1n) is 2.89. The zero-order chi connectivity index (χ0) is 8.20. The van der Waals surface area contributed by atoms with Crippen molar-refractivity contribution in [3.05, 3.63) is 0 Å². The SMILES string of the molecule is CCP(=O)(CC(=O)O)OC. The molecule has 0 rings (SSSR count). The molecule has 0 aromatic heterocycles. The summed E-state index contributed by atoms with van der Waals surface area (Å²) in [5.74, 6) is -1.08. The van der Waals surface area contributed by atoms with Crippen LogP contribution >= 0.6 is 7.37 Å². The number of hydrogen-bond donors (Lipinski definition) is 1.